The summed E-state index contributed by atoms with van der Waals surface area (Å²) in [5.74, 6) is 1.66. The van der Waals surface area contributed by atoms with Crippen LogP contribution in [0.4, 0.5) is 4.39 Å². The van der Waals surface area contributed by atoms with E-state index in [4.69, 9.17) is 0 Å². The molecule has 0 aromatic heterocycles. The second-order valence-corrected chi connectivity index (χ2v) is 5.66. The molecule has 1 nitrogen and oxygen atoms in total. The van der Waals surface area contributed by atoms with Crippen molar-refractivity contribution >= 4 is 11.8 Å². The Labute approximate surface area is 108 Å². The largest absolute Gasteiger partial charge is 0.313 e. The first-order chi connectivity index (χ1) is 8.15. The van der Waals surface area contributed by atoms with Gasteiger partial charge in [0.25, 0.3) is 0 Å². The van der Waals surface area contributed by atoms with E-state index in [1.165, 1.54) is 6.42 Å². The molecule has 0 fully saturated rings. The summed E-state index contributed by atoms with van der Waals surface area (Å²) in [5.41, 5.74) is 0.808. The zero-order valence-electron chi connectivity index (χ0n) is 10.9. The van der Waals surface area contributed by atoms with Gasteiger partial charge in [0, 0.05) is 17.0 Å². The van der Waals surface area contributed by atoms with Crippen molar-refractivity contribution < 1.29 is 4.39 Å². The Morgan fingerprint density at radius 3 is 2.76 bits per heavy atom. The number of nitrogens with one attached hydrogen (secondary N) is 1. The molecule has 0 bridgehead atoms. The van der Waals surface area contributed by atoms with E-state index < -0.39 is 0 Å². The van der Waals surface area contributed by atoms with Gasteiger partial charge in [-0.3, -0.25) is 0 Å². The Morgan fingerprint density at radius 1 is 1.35 bits per heavy atom. The molecule has 0 radical (unpaired) electrons. The standard InChI is InChI=1S/C14H22FNS/c1-4-16-10-12-13(15)6-5-7-14(12)17-9-8-11(2)3/h5-7,11,16H,4,8-10H2,1-3H3. The average molecular weight is 255 g/mol. The molecule has 1 aromatic rings. The van der Waals surface area contributed by atoms with Gasteiger partial charge in [0.1, 0.15) is 5.82 Å². The van der Waals surface area contributed by atoms with Crippen LogP contribution in [0.2, 0.25) is 0 Å². The zero-order chi connectivity index (χ0) is 12.7. The molecule has 17 heavy (non-hydrogen) atoms. The van der Waals surface area contributed by atoms with Gasteiger partial charge in [-0.2, -0.15) is 0 Å². The molecule has 0 saturated carbocycles. The summed E-state index contributed by atoms with van der Waals surface area (Å²) in [7, 11) is 0. The maximum Gasteiger partial charge on any atom is 0.128 e. The van der Waals surface area contributed by atoms with Crippen molar-refractivity contribution in [2.45, 2.75) is 38.6 Å². The Morgan fingerprint density at radius 2 is 2.12 bits per heavy atom. The number of halogens is 1. The van der Waals surface area contributed by atoms with Crippen molar-refractivity contribution in [3.63, 3.8) is 0 Å². The van der Waals surface area contributed by atoms with Crippen LogP contribution in [0.25, 0.3) is 0 Å². The highest BCUT2D eigenvalue weighted by atomic mass is 32.2. The van der Waals surface area contributed by atoms with Gasteiger partial charge in [-0.25, -0.2) is 4.39 Å². The molecule has 96 valence electrons. The minimum absolute atomic E-state index is 0.0968. The second kappa shape index (κ2) is 7.72. The summed E-state index contributed by atoms with van der Waals surface area (Å²) in [6.45, 7) is 7.95. The summed E-state index contributed by atoms with van der Waals surface area (Å²) in [4.78, 5) is 1.08. The van der Waals surface area contributed by atoms with Crippen molar-refractivity contribution in [3.05, 3.63) is 29.6 Å². The fraction of sp³-hybridized carbons (Fsp3) is 0.571. The normalized spacial score (nSPS) is 11.1. The van der Waals surface area contributed by atoms with Crippen molar-refractivity contribution in [3.8, 4) is 0 Å². The van der Waals surface area contributed by atoms with E-state index in [1.807, 2.05) is 13.0 Å². The van der Waals surface area contributed by atoms with E-state index in [9.17, 15) is 4.39 Å². The summed E-state index contributed by atoms with van der Waals surface area (Å²) in [6, 6.07) is 5.35. The number of hydrogen-bond donors (Lipinski definition) is 1. The predicted molar refractivity (Wildman–Crippen MR) is 74.0 cm³/mol. The lowest BCUT2D eigenvalue weighted by Gasteiger charge is -2.11. The van der Waals surface area contributed by atoms with Crippen molar-refractivity contribution in [1.29, 1.82) is 0 Å². The van der Waals surface area contributed by atoms with Crippen LogP contribution in [0, 0.1) is 11.7 Å². The van der Waals surface area contributed by atoms with E-state index in [2.05, 4.69) is 19.2 Å². The van der Waals surface area contributed by atoms with Crippen LogP contribution in [-0.4, -0.2) is 12.3 Å². The lowest BCUT2D eigenvalue weighted by Crippen LogP contribution is -2.13. The molecule has 1 N–H and O–H groups in total. The third-order valence-corrected chi connectivity index (χ3v) is 3.71. The highest BCUT2D eigenvalue weighted by Gasteiger charge is 2.08. The Balaban J connectivity index is 2.65. The van der Waals surface area contributed by atoms with Gasteiger partial charge < -0.3 is 5.32 Å². The van der Waals surface area contributed by atoms with Crippen molar-refractivity contribution in [2.75, 3.05) is 12.3 Å². The number of rotatable bonds is 7. The topological polar surface area (TPSA) is 12.0 Å². The van der Waals surface area contributed by atoms with Crippen LogP contribution in [0.5, 0.6) is 0 Å². The van der Waals surface area contributed by atoms with E-state index in [0.717, 1.165) is 22.8 Å². The van der Waals surface area contributed by atoms with Crippen LogP contribution < -0.4 is 5.32 Å². The van der Waals surface area contributed by atoms with E-state index in [1.54, 1.807) is 23.9 Å². The molecule has 1 rings (SSSR count). The van der Waals surface area contributed by atoms with Crippen molar-refractivity contribution in [2.24, 2.45) is 5.92 Å². The number of thioether (sulfide) groups is 1. The van der Waals surface area contributed by atoms with Gasteiger partial charge in [0.15, 0.2) is 0 Å². The average Bonchev–Trinajstić information content (AvgIpc) is 2.28. The molecule has 0 heterocycles. The molecule has 0 aliphatic carbocycles. The Bertz CT molecular complexity index is 339. The monoisotopic (exact) mass is 255 g/mol. The maximum atomic E-state index is 13.7. The van der Waals surface area contributed by atoms with Gasteiger partial charge in [-0.1, -0.05) is 26.8 Å². The number of benzene rings is 1. The highest BCUT2D eigenvalue weighted by molar-refractivity contribution is 7.99. The molecule has 0 atom stereocenters. The Kier molecular flexibility index (Phi) is 6.60. The first kappa shape index (κ1) is 14.5. The molecule has 0 saturated heterocycles. The predicted octanol–water partition coefficient (Wildman–Crippen LogP) is 4.07. The van der Waals surface area contributed by atoms with E-state index in [0.29, 0.717) is 12.5 Å². The molecule has 0 amide bonds. The smallest absolute Gasteiger partial charge is 0.128 e. The molecular formula is C14H22FNS. The fourth-order valence-electron chi connectivity index (χ4n) is 1.50. The molecule has 0 aliphatic rings. The van der Waals surface area contributed by atoms with Crippen LogP contribution in [0.3, 0.4) is 0 Å². The van der Waals surface area contributed by atoms with Crippen LogP contribution in [0.1, 0.15) is 32.8 Å². The molecule has 0 unspecified atom stereocenters. The molecular weight excluding hydrogens is 233 g/mol. The first-order valence-electron chi connectivity index (χ1n) is 6.26. The van der Waals surface area contributed by atoms with Gasteiger partial charge in [-0.05, 0) is 36.8 Å². The highest BCUT2D eigenvalue weighted by Crippen LogP contribution is 2.26. The maximum absolute atomic E-state index is 13.7. The molecule has 3 heteroatoms. The fourth-order valence-corrected chi connectivity index (χ4v) is 2.83. The van der Waals surface area contributed by atoms with Crippen LogP contribution in [-0.2, 0) is 6.54 Å². The van der Waals surface area contributed by atoms with Crippen molar-refractivity contribution in [1.82, 2.24) is 5.32 Å². The van der Waals surface area contributed by atoms with Gasteiger partial charge in [0.05, 0.1) is 0 Å². The molecule has 0 aliphatic heterocycles. The summed E-state index contributed by atoms with van der Waals surface area (Å²) < 4.78 is 13.7. The van der Waals surface area contributed by atoms with E-state index >= 15 is 0 Å². The molecule has 0 spiro atoms. The first-order valence-corrected chi connectivity index (χ1v) is 7.24. The van der Waals surface area contributed by atoms with Gasteiger partial charge >= 0.3 is 0 Å². The summed E-state index contributed by atoms with van der Waals surface area (Å²) in [6.07, 6.45) is 1.17. The zero-order valence-corrected chi connectivity index (χ0v) is 11.7. The SMILES string of the molecule is CCNCc1c(F)cccc1SCCC(C)C. The number of hydrogen-bond acceptors (Lipinski definition) is 2. The Hall–Kier alpha value is -0.540. The minimum Gasteiger partial charge on any atom is -0.313 e. The van der Waals surface area contributed by atoms with Gasteiger partial charge in [-0.15, -0.1) is 11.8 Å². The van der Waals surface area contributed by atoms with Crippen LogP contribution >= 0.6 is 11.8 Å². The van der Waals surface area contributed by atoms with E-state index in [-0.39, 0.29) is 5.82 Å². The second-order valence-electron chi connectivity index (χ2n) is 4.53. The lowest BCUT2D eigenvalue weighted by atomic mass is 10.2. The quantitative estimate of drug-likeness (QED) is 0.737. The summed E-state index contributed by atoms with van der Waals surface area (Å²) >= 11 is 1.76. The third-order valence-electron chi connectivity index (χ3n) is 2.58. The molecule has 1 aromatic carbocycles. The van der Waals surface area contributed by atoms with Crippen LogP contribution in [0.15, 0.2) is 23.1 Å². The third kappa shape index (κ3) is 5.09. The minimum atomic E-state index is -0.0968. The lowest BCUT2D eigenvalue weighted by molar-refractivity contribution is 0.585. The van der Waals surface area contributed by atoms with Gasteiger partial charge in [0.2, 0.25) is 0 Å². The summed E-state index contributed by atoms with van der Waals surface area (Å²) in [5, 5.41) is 3.19.